The Labute approximate surface area is 165 Å². The summed E-state index contributed by atoms with van der Waals surface area (Å²) in [5.41, 5.74) is 3.88. The summed E-state index contributed by atoms with van der Waals surface area (Å²) in [5.74, 6) is 1.32. The lowest BCUT2D eigenvalue weighted by atomic mass is 10.1. The molecule has 0 aliphatic heterocycles. The van der Waals surface area contributed by atoms with Gasteiger partial charge in [0.25, 0.3) is 0 Å². The second-order valence-corrected chi connectivity index (χ2v) is 7.08. The Bertz CT molecular complexity index is 896. The third-order valence-electron chi connectivity index (χ3n) is 4.11. The Morgan fingerprint density at radius 2 is 1.78 bits per heavy atom. The van der Waals surface area contributed by atoms with Crippen LogP contribution in [0.4, 0.5) is 17.5 Å². The monoisotopic (exact) mass is 381 g/mol. The first kappa shape index (κ1) is 19.1. The highest BCUT2D eigenvalue weighted by Crippen LogP contribution is 2.26. The van der Waals surface area contributed by atoms with Crippen LogP contribution in [0.3, 0.4) is 0 Å². The summed E-state index contributed by atoms with van der Waals surface area (Å²) in [7, 11) is 4.10. The predicted octanol–water partition coefficient (Wildman–Crippen LogP) is 4.82. The lowest BCUT2D eigenvalue weighted by Crippen LogP contribution is -2.21. The highest BCUT2D eigenvalue weighted by molar-refractivity contribution is 6.30. The van der Waals surface area contributed by atoms with Crippen LogP contribution in [0.1, 0.15) is 5.56 Å². The van der Waals surface area contributed by atoms with Crippen LogP contribution in [0, 0.1) is 6.92 Å². The van der Waals surface area contributed by atoms with E-state index in [1.165, 1.54) is 0 Å². The van der Waals surface area contributed by atoms with E-state index >= 15 is 0 Å². The van der Waals surface area contributed by atoms with Gasteiger partial charge in [-0.3, -0.25) is 0 Å². The van der Waals surface area contributed by atoms with E-state index in [-0.39, 0.29) is 0 Å². The predicted molar refractivity (Wildman–Crippen MR) is 114 cm³/mol. The number of aryl methyl sites for hydroxylation is 1. The van der Waals surface area contributed by atoms with Crippen LogP contribution in [0.2, 0.25) is 5.02 Å². The molecule has 0 spiro atoms. The molecule has 3 rings (SSSR count). The van der Waals surface area contributed by atoms with E-state index in [2.05, 4.69) is 20.5 Å². The number of benzene rings is 2. The molecule has 1 heterocycles. The van der Waals surface area contributed by atoms with Crippen molar-refractivity contribution in [3.05, 3.63) is 65.2 Å². The van der Waals surface area contributed by atoms with Crippen LogP contribution in [0.5, 0.6) is 0 Å². The van der Waals surface area contributed by atoms with Gasteiger partial charge < -0.3 is 15.5 Å². The molecule has 2 N–H and O–H groups in total. The van der Waals surface area contributed by atoms with Gasteiger partial charge in [-0.25, -0.2) is 4.98 Å². The average molecular weight is 382 g/mol. The number of aromatic nitrogens is 2. The van der Waals surface area contributed by atoms with Crippen molar-refractivity contribution in [2.24, 2.45) is 0 Å². The quantitative estimate of drug-likeness (QED) is 0.614. The molecule has 2 aromatic carbocycles. The number of halogens is 1. The van der Waals surface area contributed by atoms with E-state index in [0.717, 1.165) is 41.4 Å². The van der Waals surface area contributed by atoms with E-state index in [1.807, 2.05) is 75.6 Å². The van der Waals surface area contributed by atoms with E-state index < -0.39 is 0 Å². The summed E-state index contributed by atoms with van der Waals surface area (Å²) < 4.78 is 0. The minimum Gasteiger partial charge on any atom is -0.369 e. The molecule has 0 saturated heterocycles. The Morgan fingerprint density at radius 1 is 1.00 bits per heavy atom. The Kier molecular flexibility index (Phi) is 6.27. The van der Waals surface area contributed by atoms with Crippen molar-refractivity contribution < 1.29 is 0 Å². The second-order valence-electron chi connectivity index (χ2n) is 6.64. The summed E-state index contributed by atoms with van der Waals surface area (Å²) in [4.78, 5) is 11.4. The largest absolute Gasteiger partial charge is 0.369 e. The molecule has 140 valence electrons. The number of nitrogens with one attached hydrogen (secondary N) is 2. The minimum atomic E-state index is 0.536. The maximum atomic E-state index is 6.14. The molecular weight excluding hydrogens is 358 g/mol. The van der Waals surface area contributed by atoms with E-state index in [0.29, 0.717) is 11.0 Å². The number of nitrogens with zero attached hydrogens (tertiary/aromatic N) is 3. The van der Waals surface area contributed by atoms with Gasteiger partial charge in [-0.15, -0.1) is 0 Å². The molecule has 0 fully saturated rings. The van der Waals surface area contributed by atoms with Crippen LogP contribution in [0.25, 0.3) is 11.3 Å². The zero-order valence-electron chi connectivity index (χ0n) is 15.8. The van der Waals surface area contributed by atoms with Crippen LogP contribution in [0.15, 0.2) is 54.6 Å². The van der Waals surface area contributed by atoms with E-state index in [9.17, 15) is 0 Å². The first-order valence-electron chi connectivity index (χ1n) is 8.87. The van der Waals surface area contributed by atoms with Gasteiger partial charge in [0.2, 0.25) is 5.95 Å². The summed E-state index contributed by atoms with van der Waals surface area (Å²) in [6.45, 7) is 3.74. The van der Waals surface area contributed by atoms with Crippen molar-refractivity contribution in [3.8, 4) is 11.3 Å². The average Bonchev–Trinajstić information content (AvgIpc) is 2.65. The van der Waals surface area contributed by atoms with Gasteiger partial charge in [0.05, 0.1) is 5.69 Å². The summed E-state index contributed by atoms with van der Waals surface area (Å²) in [5, 5.41) is 7.36. The van der Waals surface area contributed by atoms with Crippen molar-refractivity contribution in [2.75, 3.05) is 37.8 Å². The van der Waals surface area contributed by atoms with Gasteiger partial charge in [0, 0.05) is 35.4 Å². The Balaban J connectivity index is 1.92. The van der Waals surface area contributed by atoms with Crippen LogP contribution in [-0.2, 0) is 0 Å². The first-order chi connectivity index (χ1) is 13.0. The molecule has 0 unspecified atom stereocenters. The normalized spacial score (nSPS) is 10.9. The molecule has 0 bridgehead atoms. The molecule has 3 aromatic rings. The maximum Gasteiger partial charge on any atom is 0.229 e. The van der Waals surface area contributed by atoms with E-state index in [4.69, 9.17) is 16.6 Å². The number of likely N-dealkylation sites (N-methyl/N-ethyl adjacent to an activating group) is 1. The van der Waals surface area contributed by atoms with Gasteiger partial charge in [-0.1, -0.05) is 48.0 Å². The molecule has 0 saturated carbocycles. The maximum absolute atomic E-state index is 6.14. The highest BCUT2D eigenvalue weighted by atomic mass is 35.5. The first-order valence-corrected chi connectivity index (χ1v) is 9.25. The van der Waals surface area contributed by atoms with Crippen molar-refractivity contribution in [3.63, 3.8) is 0 Å². The molecule has 27 heavy (non-hydrogen) atoms. The smallest absolute Gasteiger partial charge is 0.229 e. The summed E-state index contributed by atoms with van der Waals surface area (Å²) >= 11 is 6.14. The third kappa shape index (κ3) is 5.42. The van der Waals surface area contributed by atoms with Crippen LogP contribution < -0.4 is 10.6 Å². The molecule has 0 aliphatic carbocycles. The van der Waals surface area contributed by atoms with E-state index in [1.54, 1.807) is 0 Å². The fraction of sp³-hybridized carbons (Fsp3) is 0.238. The van der Waals surface area contributed by atoms with Gasteiger partial charge in [0.1, 0.15) is 5.82 Å². The van der Waals surface area contributed by atoms with Gasteiger partial charge in [-0.05, 0) is 38.7 Å². The number of hydrogen-bond donors (Lipinski definition) is 2. The topological polar surface area (TPSA) is 53.1 Å². The van der Waals surface area contributed by atoms with Gasteiger partial charge in [-0.2, -0.15) is 4.98 Å². The van der Waals surface area contributed by atoms with Crippen molar-refractivity contribution in [1.82, 2.24) is 14.9 Å². The third-order valence-corrected chi connectivity index (χ3v) is 4.34. The summed E-state index contributed by atoms with van der Waals surface area (Å²) in [6.07, 6.45) is 0. The van der Waals surface area contributed by atoms with Gasteiger partial charge >= 0.3 is 0 Å². The molecule has 0 amide bonds. The van der Waals surface area contributed by atoms with Crippen molar-refractivity contribution in [2.45, 2.75) is 6.92 Å². The second kappa shape index (κ2) is 8.84. The van der Waals surface area contributed by atoms with Crippen molar-refractivity contribution >= 4 is 29.1 Å². The van der Waals surface area contributed by atoms with Crippen molar-refractivity contribution in [1.29, 1.82) is 0 Å². The Hall–Kier alpha value is -2.63. The zero-order valence-corrected chi connectivity index (χ0v) is 16.6. The number of hydrogen-bond acceptors (Lipinski definition) is 5. The molecule has 1 aromatic heterocycles. The standard InChI is InChI=1S/C21H24ClN5/c1-15-9-10-17(22)13-18(15)24-21-25-19(16-7-5-4-6-8-16)14-20(26-21)23-11-12-27(2)3/h4-10,13-14H,11-12H2,1-3H3,(H2,23,24,25,26). The number of anilines is 3. The Morgan fingerprint density at radius 3 is 2.52 bits per heavy atom. The molecule has 0 aliphatic rings. The zero-order chi connectivity index (χ0) is 19.2. The molecule has 0 radical (unpaired) electrons. The molecule has 5 nitrogen and oxygen atoms in total. The lowest BCUT2D eigenvalue weighted by molar-refractivity contribution is 0.425. The molecule has 0 atom stereocenters. The lowest BCUT2D eigenvalue weighted by Gasteiger charge is -2.14. The van der Waals surface area contributed by atoms with Crippen LogP contribution in [-0.4, -0.2) is 42.1 Å². The fourth-order valence-electron chi connectivity index (χ4n) is 2.61. The minimum absolute atomic E-state index is 0.536. The SMILES string of the molecule is Cc1ccc(Cl)cc1Nc1nc(NCCN(C)C)cc(-c2ccccc2)n1. The fourth-order valence-corrected chi connectivity index (χ4v) is 2.78. The summed E-state index contributed by atoms with van der Waals surface area (Å²) in [6, 6.07) is 17.8. The molecular formula is C21H24ClN5. The van der Waals surface area contributed by atoms with Crippen LogP contribution >= 0.6 is 11.6 Å². The number of rotatable bonds is 7. The van der Waals surface area contributed by atoms with Gasteiger partial charge in [0.15, 0.2) is 0 Å². The highest BCUT2D eigenvalue weighted by Gasteiger charge is 2.09. The molecule has 6 heteroatoms.